The highest BCUT2D eigenvalue weighted by molar-refractivity contribution is 5.71. The number of phenols is 3. The molecule has 2 rings (SSSR count). The highest BCUT2D eigenvalue weighted by Gasteiger charge is 1.96. The van der Waals surface area contributed by atoms with Gasteiger partial charge in [0.2, 0.25) is 0 Å². The maximum atomic E-state index is 9.76. The van der Waals surface area contributed by atoms with Gasteiger partial charge >= 0.3 is 5.97 Å². The lowest BCUT2D eigenvalue weighted by Crippen LogP contribution is -1.91. The number of benzene rings is 2. The smallest absolute Gasteiger partial charge is 0.303 e. The molecule has 0 aliphatic rings. The summed E-state index contributed by atoms with van der Waals surface area (Å²) >= 11 is 0. The summed E-state index contributed by atoms with van der Waals surface area (Å²) in [6, 6.07) is 11.1. The van der Waals surface area contributed by atoms with Crippen molar-refractivity contribution in [3.63, 3.8) is 0 Å². The molecule has 24 heavy (non-hydrogen) atoms. The van der Waals surface area contributed by atoms with E-state index in [1.165, 1.54) is 6.07 Å². The lowest BCUT2D eigenvalue weighted by molar-refractivity contribution is -0.137. The molecule has 0 spiro atoms. The Labute approximate surface area is 141 Å². The molecule has 2 aromatic carbocycles. The normalized spacial score (nSPS) is 10.2. The fraction of sp³-hybridized carbons (Fsp3) is 0.211. The molecular weight excluding hydrogens is 308 g/mol. The molecule has 0 bridgehead atoms. The predicted octanol–water partition coefficient (Wildman–Crippen LogP) is 4.24. The van der Waals surface area contributed by atoms with Crippen LogP contribution in [0.3, 0.4) is 0 Å². The van der Waals surface area contributed by atoms with E-state index in [9.17, 15) is 15.0 Å². The average Bonchev–Trinajstić information content (AvgIpc) is 2.52. The molecule has 0 amide bonds. The number of aliphatic carboxylic acids is 1. The first-order valence-electron chi connectivity index (χ1n) is 7.62. The van der Waals surface area contributed by atoms with Crippen LogP contribution in [0.2, 0.25) is 0 Å². The van der Waals surface area contributed by atoms with Crippen LogP contribution in [0.4, 0.5) is 0 Å². The zero-order chi connectivity index (χ0) is 17.9. The van der Waals surface area contributed by atoms with Crippen molar-refractivity contribution in [1.29, 1.82) is 0 Å². The molecule has 0 aliphatic heterocycles. The molecule has 2 aromatic rings. The van der Waals surface area contributed by atoms with E-state index in [1.807, 2.05) is 13.0 Å². The van der Waals surface area contributed by atoms with Crippen molar-refractivity contribution in [2.24, 2.45) is 0 Å². The summed E-state index contributed by atoms with van der Waals surface area (Å²) in [7, 11) is 0. The van der Waals surface area contributed by atoms with E-state index in [0.717, 1.165) is 18.4 Å². The summed E-state index contributed by atoms with van der Waals surface area (Å²) in [5.74, 6) is -0.426. The first kappa shape index (κ1) is 19.1. The van der Waals surface area contributed by atoms with Crippen molar-refractivity contribution in [2.45, 2.75) is 26.2 Å². The Hall–Kier alpha value is -2.95. The summed E-state index contributed by atoms with van der Waals surface area (Å²) in [5.41, 5.74) is 1.63. The minimum atomic E-state index is -0.693. The third-order valence-electron chi connectivity index (χ3n) is 3.03. The second-order valence-corrected chi connectivity index (χ2v) is 5.20. The van der Waals surface area contributed by atoms with E-state index < -0.39 is 5.97 Å². The number of rotatable bonds is 5. The fourth-order valence-corrected chi connectivity index (χ4v) is 1.82. The van der Waals surface area contributed by atoms with Gasteiger partial charge in [0, 0.05) is 12.5 Å². The lowest BCUT2D eigenvalue weighted by atomic mass is 10.1. The van der Waals surface area contributed by atoms with Crippen molar-refractivity contribution >= 4 is 18.1 Å². The Morgan fingerprint density at radius 3 is 1.88 bits per heavy atom. The third-order valence-corrected chi connectivity index (χ3v) is 3.03. The van der Waals surface area contributed by atoms with E-state index >= 15 is 0 Å². The van der Waals surface area contributed by atoms with Gasteiger partial charge in [0.1, 0.15) is 17.2 Å². The van der Waals surface area contributed by atoms with Gasteiger partial charge in [-0.2, -0.15) is 0 Å². The Bertz CT molecular complexity index is 654. The van der Waals surface area contributed by atoms with Crippen LogP contribution >= 0.6 is 0 Å². The van der Waals surface area contributed by atoms with Crippen molar-refractivity contribution < 1.29 is 25.2 Å². The number of hydrogen-bond acceptors (Lipinski definition) is 4. The van der Waals surface area contributed by atoms with E-state index in [-0.39, 0.29) is 17.2 Å². The van der Waals surface area contributed by atoms with E-state index in [0.29, 0.717) is 12.0 Å². The Kier molecular flexibility index (Phi) is 7.91. The molecule has 0 fully saturated rings. The maximum absolute atomic E-state index is 9.76. The first-order chi connectivity index (χ1) is 11.4. The Morgan fingerprint density at radius 1 is 0.875 bits per heavy atom. The molecule has 5 heteroatoms. The molecule has 4 N–H and O–H groups in total. The number of phenolic OH excluding ortho intramolecular Hbond substituents is 3. The molecule has 5 nitrogen and oxygen atoms in total. The average molecular weight is 330 g/mol. The zero-order valence-corrected chi connectivity index (χ0v) is 13.5. The first-order valence-corrected chi connectivity index (χ1v) is 7.62. The Balaban J connectivity index is 0.000000351. The van der Waals surface area contributed by atoms with Gasteiger partial charge < -0.3 is 20.4 Å². The van der Waals surface area contributed by atoms with Gasteiger partial charge in [-0.05, 0) is 41.8 Å². The van der Waals surface area contributed by atoms with Crippen LogP contribution in [0.1, 0.15) is 37.3 Å². The van der Waals surface area contributed by atoms with E-state index in [1.54, 1.807) is 42.5 Å². The van der Waals surface area contributed by atoms with Crippen LogP contribution < -0.4 is 0 Å². The molecule has 0 unspecified atom stereocenters. The topological polar surface area (TPSA) is 98.0 Å². The van der Waals surface area contributed by atoms with Gasteiger partial charge in [0.05, 0.1) is 0 Å². The lowest BCUT2D eigenvalue weighted by Gasteiger charge is -1.98. The standard InChI is InChI=1S/C14H12O3.C5H10O2/c15-12-5-3-10(4-6-12)1-2-11-7-13(16)9-14(17)8-11;1-2-3-4-5(6)7/h1-9,15-17H;2-4H2,1H3,(H,6,7). The van der Waals surface area contributed by atoms with Gasteiger partial charge in [0.25, 0.3) is 0 Å². The van der Waals surface area contributed by atoms with Gasteiger partial charge in [-0.1, -0.05) is 37.6 Å². The van der Waals surface area contributed by atoms with Crippen molar-refractivity contribution in [3.05, 3.63) is 53.6 Å². The van der Waals surface area contributed by atoms with E-state index in [4.69, 9.17) is 10.2 Å². The largest absolute Gasteiger partial charge is 0.508 e. The molecule has 128 valence electrons. The van der Waals surface area contributed by atoms with Crippen LogP contribution in [0, 0.1) is 0 Å². The Morgan fingerprint density at radius 2 is 1.42 bits per heavy atom. The molecule has 0 saturated heterocycles. The molecule has 0 radical (unpaired) electrons. The molecular formula is C19H22O5. The number of unbranched alkanes of at least 4 members (excludes halogenated alkanes) is 1. The molecule has 0 aromatic heterocycles. The summed E-state index contributed by atoms with van der Waals surface area (Å²) in [6.45, 7) is 1.98. The molecule has 0 saturated carbocycles. The van der Waals surface area contributed by atoms with Crippen LogP contribution in [0.15, 0.2) is 42.5 Å². The van der Waals surface area contributed by atoms with Crippen LogP contribution in [-0.4, -0.2) is 26.4 Å². The summed E-state index contributed by atoms with van der Waals surface area (Å²) in [4.78, 5) is 9.76. The monoisotopic (exact) mass is 330 g/mol. The van der Waals surface area contributed by atoms with Crippen LogP contribution in [-0.2, 0) is 4.79 Å². The minimum Gasteiger partial charge on any atom is -0.508 e. The van der Waals surface area contributed by atoms with Gasteiger partial charge in [-0.3, -0.25) is 4.79 Å². The van der Waals surface area contributed by atoms with Crippen molar-refractivity contribution in [1.82, 2.24) is 0 Å². The number of carbonyl (C=O) groups is 1. The number of hydrogen-bond donors (Lipinski definition) is 4. The van der Waals surface area contributed by atoms with Crippen LogP contribution in [0.5, 0.6) is 17.2 Å². The highest BCUT2D eigenvalue weighted by atomic mass is 16.4. The predicted molar refractivity (Wildman–Crippen MR) is 94.0 cm³/mol. The second-order valence-electron chi connectivity index (χ2n) is 5.20. The number of aromatic hydroxyl groups is 3. The van der Waals surface area contributed by atoms with Crippen molar-refractivity contribution in [3.8, 4) is 17.2 Å². The summed E-state index contributed by atoms with van der Waals surface area (Å²) < 4.78 is 0. The second kappa shape index (κ2) is 9.94. The quantitative estimate of drug-likeness (QED) is 0.615. The molecule has 0 atom stereocenters. The van der Waals surface area contributed by atoms with E-state index in [2.05, 4.69) is 0 Å². The maximum Gasteiger partial charge on any atom is 0.303 e. The number of carboxylic acid groups (broad SMARTS) is 1. The van der Waals surface area contributed by atoms with Crippen LogP contribution in [0.25, 0.3) is 12.2 Å². The SMILES string of the molecule is CCCCC(=O)O.Oc1ccc(C=Cc2cc(O)cc(O)c2)cc1. The zero-order valence-electron chi connectivity index (χ0n) is 13.5. The molecule has 0 heterocycles. The summed E-state index contributed by atoms with van der Waals surface area (Å²) in [5, 5.41) is 35.8. The third kappa shape index (κ3) is 7.89. The van der Waals surface area contributed by atoms with Gasteiger partial charge in [-0.15, -0.1) is 0 Å². The fourth-order valence-electron chi connectivity index (χ4n) is 1.82. The van der Waals surface area contributed by atoms with Gasteiger partial charge in [0.15, 0.2) is 0 Å². The minimum absolute atomic E-state index is 0.0235. The number of carboxylic acids is 1. The summed E-state index contributed by atoms with van der Waals surface area (Å²) in [6.07, 6.45) is 5.68. The molecule has 0 aliphatic carbocycles. The van der Waals surface area contributed by atoms with Gasteiger partial charge in [-0.25, -0.2) is 0 Å². The highest BCUT2D eigenvalue weighted by Crippen LogP contribution is 2.22. The van der Waals surface area contributed by atoms with Crippen molar-refractivity contribution in [2.75, 3.05) is 0 Å².